The number of nitrogens with one attached hydrogen (secondary N) is 1. The Balaban J connectivity index is 1.80. The number of hydrogen-bond acceptors (Lipinski definition) is 2. The van der Waals surface area contributed by atoms with E-state index in [0.717, 1.165) is 24.9 Å². The average molecular weight is 219 g/mol. The predicted octanol–water partition coefficient (Wildman–Crippen LogP) is 3.12. The molecule has 0 radical (unpaired) electrons. The first kappa shape index (κ1) is 11.5. The van der Waals surface area contributed by atoms with Crippen LogP contribution in [0.5, 0.6) is 5.75 Å². The van der Waals surface area contributed by atoms with Crippen LogP contribution in [0.15, 0.2) is 24.3 Å². The SMILES string of the molecule is CCOc1ccc(CNC2CCCC2)cc1. The van der Waals surface area contributed by atoms with Crippen molar-refractivity contribution < 1.29 is 4.74 Å². The molecule has 0 bridgehead atoms. The Labute approximate surface area is 98.0 Å². The maximum atomic E-state index is 5.42. The van der Waals surface area contributed by atoms with E-state index in [0.29, 0.717) is 0 Å². The standard InChI is InChI=1S/C14H21NO/c1-2-16-14-9-7-12(8-10-14)11-15-13-5-3-4-6-13/h7-10,13,15H,2-6,11H2,1H3. The van der Waals surface area contributed by atoms with E-state index in [9.17, 15) is 0 Å². The Morgan fingerprint density at radius 1 is 1.19 bits per heavy atom. The molecule has 0 heterocycles. The van der Waals surface area contributed by atoms with Gasteiger partial charge in [0, 0.05) is 12.6 Å². The van der Waals surface area contributed by atoms with Crippen LogP contribution in [-0.4, -0.2) is 12.6 Å². The molecule has 16 heavy (non-hydrogen) atoms. The lowest BCUT2D eigenvalue weighted by Crippen LogP contribution is -2.25. The van der Waals surface area contributed by atoms with Crippen molar-refractivity contribution in [1.29, 1.82) is 0 Å². The highest BCUT2D eigenvalue weighted by Gasteiger charge is 2.13. The van der Waals surface area contributed by atoms with Gasteiger partial charge in [-0.25, -0.2) is 0 Å². The molecule has 0 atom stereocenters. The Morgan fingerprint density at radius 3 is 2.50 bits per heavy atom. The molecule has 1 fully saturated rings. The maximum Gasteiger partial charge on any atom is 0.119 e. The van der Waals surface area contributed by atoms with E-state index in [-0.39, 0.29) is 0 Å². The van der Waals surface area contributed by atoms with Gasteiger partial charge in [-0.3, -0.25) is 0 Å². The summed E-state index contributed by atoms with van der Waals surface area (Å²) >= 11 is 0. The Hall–Kier alpha value is -1.02. The van der Waals surface area contributed by atoms with E-state index < -0.39 is 0 Å². The lowest BCUT2D eigenvalue weighted by atomic mass is 10.2. The highest BCUT2D eigenvalue weighted by molar-refractivity contribution is 5.27. The van der Waals surface area contributed by atoms with Gasteiger partial charge in [0.15, 0.2) is 0 Å². The molecule has 0 amide bonds. The van der Waals surface area contributed by atoms with Crippen LogP contribution in [0.4, 0.5) is 0 Å². The van der Waals surface area contributed by atoms with E-state index in [1.165, 1.54) is 31.2 Å². The Morgan fingerprint density at radius 2 is 1.88 bits per heavy atom. The summed E-state index contributed by atoms with van der Waals surface area (Å²) in [6.07, 6.45) is 5.47. The minimum Gasteiger partial charge on any atom is -0.494 e. The largest absolute Gasteiger partial charge is 0.494 e. The fourth-order valence-corrected chi connectivity index (χ4v) is 2.26. The summed E-state index contributed by atoms with van der Waals surface area (Å²) in [5.41, 5.74) is 1.34. The number of hydrogen-bond donors (Lipinski definition) is 1. The third-order valence-electron chi connectivity index (χ3n) is 3.18. The zero-order chi connectivity index (χ0) is 11.2. The third-order valence-corrected chi connectivity index (χ3v) is 3.18. The van der Waals surface area contributed by atoms with Crippen molar-refractivity contribution in [3.05, 3.63) is 29.8 Å². The summed E-state index contributed by atoms with van der Waals surface area (Å²) in [6.45, 7) is 3.73. The van der Waals surface area contributed by atoms with Gasteiger partial charge in [-0.2, -0.15) is 0 Å². The van der Waals surface area contributed by atoms with Gasteiger partial charge in [0.2, 0.25) is 0 Å². The normalized spacial score (nSPS) is 16.6. The van der Waals surface area contributed by atoms with Gasteiger partial charge < -0.3 is 10.1 Å². The summed E-state index contributed by atoms with van der Waals surface area (Å²) in [7, 11) is 0. The third kappa shape index (κ3) is 3.24. The van der Waals surface area contributed by atoms with E-state index in [4.69, 9.17) is 4.74 Å². The van der Waals surface area contributed by atoms with Crippen molar-refractivity contribution in [2.24, 2.45) is 0 Å². The lowest BCUT2D eigenvalue weighted by Gasteiger charge is -2.12. The van der Waals surface area contributed by atoms with Crippen molar-refractivity contribution in [3.8, 4) is 5.75 Å². The molecule has 1 aliphatic rings. The van der Waals surface area contributed by atoms with E-state index in [1.807, 2.05) is 6.92 Å². The molecule has 2 rings (SSSR count). The number of ether oxygens (including phenoxy) is 1. The number of benzene rings is 1. The van der Waals surface area contributed by atoms with Gasteiger partial charge in [0.25, 0.3) is 0 Å². The molecule has 0 aromatic heterocycles. The molecular formula is C14H21NO. The van der Waals surface area contributed by atoms with Gasteiger partial charge in [-0.1, -0.05) is 25.0 Å². The summed E-state index contributed by atoms with van der Waals surface area (Å²) in [6, 6.07) is 9.14. The Kier molecular flexibility index (Phi) is 4.23. The molecule has 0 saturated heterocycles. The van der Waals surface area contributed by atoms with Crippen LogP contribution in [-0.2, 0) is 6.54 Å². The highest BCUT2D eigenvalue weighted by Crippen LogP contribution is 2.18. The summed E-state index contributed by atoms with van der Waals surface area (Å²) < 4.78 is 5.42. The summed E-state index contributed by atoms with van der Waals surface area (Å²) in [4.78, 5) is 0. The van der Waals surface area contributed by atoms with Crippen LogP contribution in [0, 0.1) is 0 Å². The first-order valence-electron chi connectivity index (χ1n) is 6.33. The van der Waals surface area contributed by atoms with E-state index >= 15 is 0 Å². The zero-order valence-corrected chi connectivity index (χ0v) is 10.0. The van der Waals surface area contributed by atoms with Crippen LogP contribution < -0.4 is 10.1 Å². The van der Waals surface area contributed by atoms with Crippen molar-refractivity contribution in [3.63, 3.8) is 0 Å². The van der Waals surface area contributed by atoms with Crippen molar-refractivity contribution in [1.82, 2.24) is 5.32 Å². The van der Waals surface area contributed by atoms with Gasteiger partial charge >= 0.3 is 0 Å². The first-order chi connectivity index (χ1) is 7.88. The van der Waals surface area contributed by atoms with E-state index in [1.54, 1.807) is 0 Å². The molecule has 88 valence electrons. The average Bonchev–Trinajstić information content (AvgIpc) is 2.82. The Bertz CT molecular complexity index is 301. The molecule has 1 saturated carbocycles. The smallest absolute Gasteiger partial charge is 0.119 e. The minimum absolute atomic E-state index is 0.736. The van der Waals surface area contributed by atoms with Gasteiger partial charge in [0.05, 0.1) is 6.61 Å². The molecule has 1 aliphatic carbocycles. The summed E-state index contributed by atoms with van der Waals surface area (Å²) in [5, 5.41) is 3.61. The summed E-state index contributed by atoms with van der Waals surface area (Å²) in [5.74, 6) is 0.965. The molecule has 2 nitrogen and oxygen atoms in total. The molecule has 0 spiro atoms. The molecule has 0 unspecified atom stereocenters. The van der Waals surface area contributed by atoms with Gasteiger partial charge in [-0.05, 0) is 37.5 Å². The molecule has 0 aliphatic heterocycles. The maximum absolute atomic E-state index is 5.42. The zero-order valence-electron chi connectivity index (χ0n) is 10.0. The van der Waals surface area contributed by atoms with Gasteiger partial charge in [0.1, 0.15) is 5.75 Å². The first-order valence-corrected chi connectivity index (χ1v) is 6.33. The van der Waals surface area contributed by atoms with Crippen LogP contribution in [0.3, 0.4) is 0 Å². The highest BCUT2D eigenvalue weighted by atomic mass is 16.5. The van der Waals surface area contributed by atoms with Crippen LogP contribution in [0.1, 0.15) is 38.2 Å². The predicted molar refractivity (Wildman–Crippen MR) is 66.7 cm³/mol. The molecule has 1 aromatic carbocycles. The minimum atomic E-state index is 0.736. The van der Waals surface area contributed by atoms with E-state index in [2.05, 4.69) is 29.6 Å². The molecule has 2 heteroatoms. The van der Waals surface area contributed by atoms with Crippen molar-refractivity contribution >= 4 is 0 Å². The molecular weight excluding hydrogens is 198 g/mol. The topological polar surface area (TPSA) is 21.3 Å². The second-order valence-electron chi connectivity index (χ2n) is 4.44. The van der Waals surface area contributed by atoms with Crippen LogP contribution >= 0.6 is 0 Å². The second-order valence-corrected chi connectivity index (χ2v) is 4.44. The molecule has 1 N–H and O–H groups in total. The second kappa shape index (κ2) is 5.90. The van der Waals surface area contributed by atoms with Crippen molar-refractivity contribution in [2.45, 2.75) is 45.2 Å². The quantitative estimate of drug-likeness (QED) is 0.821. The van der Waals surface area contributed by atoms with Crippen molar-refractivity contribution in [2.75, 3.05) is 6.61 Å². The monoisotopic (exact) mass is 219 g/mol. The fourth-order valence-electron chi connectivity index (χ4n) is 2.26. The van der Waals surface area contributed by atoms with Gasteiger partial charge in [-0.15, -0.1) is 0 Å². The number of rotatable bonds is 5. The van der Waals surface area contributed by atoms with Crippen LogP contribution in [0.25, 0.3) is 0 Å². The lowest BCUT2D eigenvalue weighted by molar-refractivity contribution is 0.340. The van der Waals surface area contributed by atoms with Crippen LogP contribution in [0.2, 0.25) is 0 Å². The molecule has 1 aromatic rings. The fraction of sp³-hybridized carbons (Fsp3) is 0.571.